The number of nitrogens with one attached hydrogen (secondary N) is 1. The normalized spacial score (nSPS) is 11.3. The number of amides is 1. The molecule has 0 saturated heterocycles. The average molecular weight is 422 g/mol. The molecule has 3 aromatic rings. The Morgan fingerprint density at radius 3 is 2.41 bits per heavy atom. The number of hydrogen-bond donors (Lipinski definition) is 1. The topological polar surface area (TPSA) is 69.0 Å². The molecule has 0 atom stereocenters. The van der Waals surface area contributed by atoms with Gasteiger partial charge in [0.1, 0.15) is 12.3 Å². The smallest absolute Gasteiger partial charge is 0.405 e. The van der Waals surface area contributed by atoms with Crippen LogP contribution in [0, 0.1) is 0 Å². The van der Waals surface area contributed by atoms with Crippen LogP contribution in [-0.4, -0.2) is 46.3 Å². The highest BCUT2D eigenvalue weighted by Crippen LogP contribution is 2.28. The number of carbonyl (C=O) groups excluding carboxylic acids is 1. The molecular weight excluding hydrogens is 405 g/mol. The van der Waals surface area contributed by atoms with E-state index in [0.29, 0.717) is 16.7 Å². The molecule has 6 nitrogen and oxygen atoms in total. The van der Waals surface area contributed by atoms with E-state index in [9.17, 15) is 18.0 Å². The van der Waals surface area contributed by atoms with Gasteiger partial charge in [-0.2, -0.15) is 13.2 Å². The highest BCUT2D eigenvalue weighted by Gasteiger charge is 2.27. The molecule has 1 amide bonds. The molecule has 3 rings (SSSR count). The van der Waals surface area contributed by atoms with Crippen molar-refractivity contribution in [2.75, 3.05) is 19.4 Å². The molecule has 1 N–H and O–H groups in total. The van der Waals surface area contributed by atoms with Crippen molar-refractivity contribution in [1.82, 2.24) is 20.1 Å². The highest BCUT2D eigenvalue weighted by atomic mass is 32.2. The first kappa shape index (κ1) is 20.7. The van der Waals surface area contributed by atoms with Crippen molar-refractivity contribution >= 4 is 17.7 Å². The summed E-state index contributed by atoms with van der Waals surface area (Å²) >= 11 is 1.00. The number of benzene rings is 2. The molecule has 0 saturated carbocycles. The number of hydrogen-bond acceptors (Lipinski definition) is 5. The molecule has 1 heterocycles. The minimum atomic E-state index is -4.45. The van der Waals surface area contributed by atoms with Crippen LogP contribution in [-0.2, 0) is 4.79 Å². The van der Waals surface area contributed by atoms with Crippen LogP contribution in [0.4, 0.5) is 13.2 Å². The average Bonchev–Trinajstić information content (AvgIpc) is 3.15. The fourth-order valence-corrected chi connectivity index (χ4v) is 3.26. The van der Waals surface area contributed by atoms with Gasteiger partial charge in [-0.1, -0.05) is 42.1 Å². The second-order valence-corrected chi connectivity index (χ2v) is 6.83. The maximum absolute atomic E-state index is 12.3. The highest BCUT2D eigenvalue weighted by molar-refractivity contribution is 7.99. The maximum Gasteiger partial charge on any atom is 0.405 e. The molecule has 2 aromatic carbocycles. The van der Waals surface area contributed by atoms with Gasteiger partial charge in [0.25, 0.3) is 0 Å². The predicted octanol–water partition coefficient (Wildman–Crippen LogP) is 3.71. The lowest BCUT2D eigenvalue weighted by molar-refractivity contribution is -0.136. The maximum atomic E-state index is 12.3. The van der Waals surface area contributed by atoms with Crippen molar-refractivity contribution in [3.63, 3.8) is 0 Å². The molecule has 0 aliphatic carbocycles. The summed E-state index contributed by atoms with van der Waals surface area (Å²) < 4.78 is 43.7. The zero-order valence-electron chi connectivity index (χ0n) is 15.3. The van der Waals surface area contributed by atoms with Crippen molar-refractivity contribution in [2.24, 2.45) is 0 Å². The molecule has 0 fully saturated rings. The van der Waals surface area contributed by atoms with Gasteiger partial charge in [-0.25, -0.2) is 0 Å². The van der Waals surface area contributed by atoms with E-state index in [4.69, 9.17) is 4.74 Å². The Morgan fingerprint density at radius 1 is 1.10 bits per heavy atom. The van der Waals surface area contributed by atoms with Crippen LogP contribution < -0.4 is 10.1 Å². The van der Waals surface area contributed by atoms with E-state index in [0.717, 1.165) is 23.0 Å². The van der Waals surface area contributed by atoms with Gasteiger partial charge in [0.05, 0.1) is 12.9 Å². The van der Waals surface area contributed by atoms with Gasteiger partial charge in [-0.3, -0.25) is 9.36 Å². The molecule has 0 unspecified atom stereocenters. The zero-order chi connectivity index (χ0) is 20.9. The number of alkyl halides is 3. The fourth-order valence-electron chi connectivity index (χ4n) is 2.48. The van der Waals surface area contributed by atoms with Crippen molar-refractivity contribution in [2.45, 2.75) is 11.3 Å². The summed E-state index contributed by atoms with van der Waals surface area (Å²) in [5, 5.41) is 10.6. The Labute approximate surface area is 169 Å². The summed E-state index contributed by atoms with van der Waals surface area (Å²) in [5.74, 6) is 0.259. The monoisotopic (exact) mass is 422 g/mol. The van der Waals surface area contributed by atoms with Gasteiger partial charge in [0, 0.05) is 11.3 Å². The Kier molecular flexibility index (Phi) is 6.42. The standard InChI is InChI=1S/C19H17F3N4O2S/c1-28-15-9-7-14(8-10-15)26-17(13-5-3-2-4-6-13)24-25-18(26)29-11-16(27)23-12-19(20,21)22/h2-10H,11-12H2,1H3,(H,23,27). The van der Waals surface area contributed by atoms with E-state index in [1.165, 1.54) is 0 Å². The van der Waals surface area contributed by atoms with Crippen molar-refractivity contribution in [1.29, 1.82) is 0 Å². The Balaban J connectivity index is 1.87. The number of aromatic nitrogens is 3. The summed E-state index contributed by atoms with van der Waals surface area (Å²) in [7, 11) is 1.56. The molecule has 152 valence electrons. The van der Waals surface area contributed by atoms with Gasteiger partial charge in [-0.05, 0) is 24.3 Å². The van der Waals surface area contributed by atoms with E-state index < -0.39 is 18.6 Å². The van der Waals surface area contributed by atoms with Crippen molar-refractivity contribution in [3.05, 3.63) is 54.6 Å². The molecule has 0 radical (unpaired) electrons. The van der Waals surface area contributed by atoms with Gasteiger partial charge in [-0.15, -0.1) is 10.2 Å². The van der Waals surface area contributed by atoms with E-state index in [-0.39, 0.29) is 5.75 Å². The number of rotatable bonds is 7. The first-order chi connectivity index (χ1) is 13.9. The molecule has 0 aliphatic rings. The summed E-state index contributed by atoms with van der Waals surface area (Å²) in [6.07, 6.45) is -4.45. The number of methoxy groups -OCH3 is 1. The van der Waals surface area contributed by atoms with Crippen molar-refractivity contribution in [3.8, 4) is 22.8 Å². The summed E-state index contributed by atoms with van der Waals surface area (Å²) in [4.78, 5) is 11.8. The van der Waals surface area contributed by atoms with E-state index >= 15 is 0 Å². The van der Waals surface area contributed by atoms with Gasteiger partial charge < -0.3 is 10.1 Å². The number of ether oxygens (including phenoxy) is 1. The summed E-state index contributed by atoms with van der Waals surface area (Å²) in [5.41, 5.74) is 1.54. The molecular formula is C19H17F3N4O2S. The van der Waals surface area contributed by atoms with Gasteiger partial charge >= 0.3 is 6.18 Å². The van der Waals surface area contributed by atoms with Crippen LogP contribution in [0.5, 0.6) is 5.75 Å². The predicted molar refractivity (Wildman–Crippen MR) is 103 cm³/mol. The molecule has 0 aliphatic heterocycles. The summed E-state index contributed by atoms with van der Waals surface area (Å²) in [6, 6.07) is 16.5. The number of thioether (sulfide) groups is 1. The van der Waals surface area contributed by atoms with Gasteiger partial charge in [0.2, 0.25) is 5.91 Å². The third-order valence-corrected chi connectivity index (χ3v) is 4.74. The SMILES string of the molecule is COc1ccc(-n2c(SCC(=O)NCC(F)(F)F)nnc2-c2ccccc2)cc1. The lowest BCUT2D eigenvalue weighted by Gasteiger charge is -2.11. The quantitative estimate of drug-likeness (QED) is 0.588. The minimum Gasteiger partial charge on any atom is -0.497 e. The van der Waals surface area contributed by atoms with E-state index in [1.54, 1.807) is 23.8 Å². The van der Waals surface area contributed by atoms with Crippen molar-refractivity contribution < 1.29 is 22.7 Å². The summed E-state index contributed by atoms with van der Waals surface area (Å²) in [6.45, 7) is -1.37. The second kappa shape index (κ2) is 8.99. The third kappa shape index (κ3) is 5.50. The van der Waals surface area contributed by atoms with Crippen LogP contribution in [0.1, 0.15) is 0 Å². The molecule has 1 aromatic heterocycles. The van der Waals surface area contributed by atoms with Crippen LogP contribution in [0.25, 0.3) is 17.1 Å². The Morgan fingerprint density at radius 2 is 1.79 bits per heavy atom. The number of halogens is 3. The lowest BCUT2D eigenvalue weighted by Crippen LogP contribution is -2.34. The van der Waals surface area contributed by atoms with Crippen LogP contribution in [0.3, 0.4) is 0 Å². The van der Waals surface area contributed by atoms with Crippen LogP contribution in [0.15, 0.2) is 59.8 Å². The Bertz CT molecular complexity index is 960. The second-order valence-electron chi connectivity index (χ2n) is 5.89. The first-order valence-corrected chi connectivity index (χ1v) is 9.47. The molecule has 0 bridgehead atoms. The number of nitrogens with zero attached hydrogens (tertiary/aromatic N) is 3. The van der Waals surface area contributed by atoms with Gasteiger partial charge in [0.15, 0.2) is 11.0 Å². The van der Waals surface area contributed by atoms with E-state index in [1.807, 2.05) is 47.8 Å². The molecule has 29 heavy (non-hydrogen) atoms. The lowest BCUT2D eigenvalue weighted by atomic mass is 10.2. The molecule has 10 heteroatoms. The number of carbonyl (C=O) groups is 1. The fraction of sp³-hybridized carbons (Fsp3) is 0.211. The van der Waals surface area contributed by atoms with E-state index in [2.05, 4.69) is 10.2 Å². The third-order valence-electron chi connectivity index (χ3n) is 3.81. The van der Waals surface area contributed by atoms with Crippen LogP contribution in [0.2, 0.25) is 0 Å². The molecule has 0 spiro atoms. The van der Waals surface area contributed by atoms with Crippen LogP contribution >= 0.6 is 11.8 Å². The first-order valence-electron chi connectivity index (χ1n) is 8.49. The minimum absolute atomic E-state index is 0.223. The zero-order valence-corrected chi connectivity index (χ0v) is 16.1. The Hall–Kier alpha value is -3.01. The largest absolute Gasteiger partial charge is 0.497 e.